The lowest BCUT2D eigenvalue weighted by Crippen LogP contribution is -2.50. The van der Waals surface area contributed by atoms with Gasteiger partial charge in [0.2, 0.25) is 5.91 Å². The Labute approximate surface area is 155 Å². The topological polar surface area (TPSA) is 126 Å². The van der Waals surface area contributed by atoms with Crippen molar-refractivity contribution in [1.82, 2.24) is 9.88 Å². The largest absolute Gasteiger partial charge is 0.477 e. The lowest BCUT2D eigenvalue weighted by Gasteiger charge is -2.35. The molecule has 0 atom stereocenters. The average Bonchev–Trinajstić information content (AvgIpc) is 2.98. The Bertz CT molecular complexity index is 843. The molecule has 9 heteroatoms. The Kier molecular flexibility index (Phi) is 5.28. The highest BCUT2D eigenvalue weighted by Gasteiger charge is 2.24. The van der Waals surface area contributed by atoms with Crippen LogP contribution in [0.25, 0.3) is 10.2 Å². The molecule has 0 bridgehead atoms. The van der Waals surface area contributed by atoms with E-state index in [-0.39, 0.29) is 17.3 Å². The van der Waals surface area contributed by atoms with Crippen molar-refractivity contribution in [2.24, 2.45) is 5.73 Å². The van der Waals surface area contributed by atoms with Crippen LogP contribution in [0.5, 0.6) is 0 Å². The van der Waals surface area contributed by atoms with Gasteiger partial charge in [0.1, 0.15) is 15.5 Å². The molecular weight excluding hydrogens is 354 g/mol. The number of rotatable bonds is 5. The minimum atomic E-state index is -1.02. The number of nitrogens with two attached hydrogens (primary N) is 2. The Hall–Kier alpha value is -2.39. The molecule has 1 fully saturated rings. The molecule has 1 aliphatic rings. The Morgan fingerprint density at radius 2 is 2.00 bits per heavy atom. The van der Waals surface area contributed by atoms with E-state index in [0.717, 1.165) is 40.9 Å². The number of carboxylic acids is 1. The van der Waals surface area contributed by atoms with Crippen LogP contribution >= 0.6 is 11.3 Å². The Balaban J connectivity index is 1.95. The zero-order valence-electron chi connectivity index (χ0n) is 14.7. The van der Waals surface area contributed by atoms with E-state index < -0.39 is 5.97 Å². The predicted molar refractivity (Wildman–Crippen MR) is 103 cm³/mol. The summed E-state index contributed by atoms with van der Waals surface area (Å²) in [4.78, 5) is 32.5. The molecule has 5 N–H and O–H groups in total. The zero-order valence-corrected chi connectivity index (χ0v) is 15.5. The third-order valence-electron chi connectivity index (χ3n) is 4.61. The number of anilines is 2. The van der Waals surface area contributed by atoms with Gasteiger partial charge in [-0.15, -0.1) is 11.3 Å². The van der Waals surface area contributed by atoms with E-state index in [4.69, 9.17) is 11.5 Å². The summed E-state index contributed by atoms with van der Waals surface area (Å²) in [6.45, 7) is 4.64. The van der Waals surface area contributed by atoms with Crippen LogP contribution in [-0.4, -0.2) is 59.6 Å². The summed E-state index contributed by atoms with van der Waals surface area (Å²) in [5.74, 6) is -0.265. The minimum absolute atomic E-state index is 0.0251. The molecule has 0 aliphatic carbocycles. The van der Waals surface area contributed by atoms with Gasteiger partial charge < -0.3 is 26.4 Å². The standard InChI is InChI=1S/C17H23N5O3S/c1-2-3-10-8-11(21-4-6-22(7-5-21)12(23)9-18)20-16-13(10)14(19)15(26-16)17(24)25/h8H,2-7,9,18-19H2,1H3,(H,24,25). The fourth-order valence-corrected chi connectivity index (χ4v) is 4.26. The fourth-order valence-electron chi connectivity index (χ4n) is 3.29. The Morgan fingerprint density at radius 3 is 2.58 bits per heavy atom. The molecule has 26 heavy (non-hydrogen) atoms. The molecule has 2 aromatic heterocycles. The van der Waals surface area contributed by atoms with Gasteiger partial charge >= 0.3 is 5.97 Å². The molecule has 1 aliphatic heterocycles. The summed E-state index contributed by atoms with van der Waals surface area (Å²) in [6.07, 6.45) is 1.73. The Morgan fingerprint density at radius 1 is 1.31 bits per heavy atom. The molecular formula is C17H23N5O3S. The number of carboxylic acid groups (broad SMARTS) is 1. The van der Waals surface area contributed by atoms with Crippen molar-refractivity contribution in [3.05, 3.63) is 16.5 Å². The minimum Gasteiger partial charge on any atom is -0.477 e. The number of aromatic nitrogens is 1. The van der Waals surface area contributed by atoms with Gasteiger partial charge in [-0.25, -0.2) is 9.78 Å². The molecule has 0 unspecified atom stereocenters. The number of piperazine rings is 1. The summed E-state index contributed by atoms with van der Waals surface area (Å²) in [5, 5.41) is 10.1. The highest BCUT2D eigenvalue weighted by molar-refractivity contribution is 7.21. The van der Waals surface area contributed by atoms with Crippen molar-refractivity contribution >= 4 is 44.9 Å². The smallest absolute Gasteiger partial charge is 0.348 e. The van der Waals surface area contributed by atoms with Crippen LogP contribution in [0.4, 0.5) is 11.5 Å². The van der Waals surface area contributed by atoms with Crippen molar-refractivity contribution in [2.75, 3.05) is 43.4 Å². The number of thiophene rings is 1. The van der Waals surface area contributed by atoms with Gasteiger partial charge in [0, 0.05) is 31.6 Å². The monoisotopic (exact) mass is 377 g/mol. The van der Waals surface area contributed by atoms with Crippen LogP contribution < -0.4 is 16.4 Å². The van der Waals surface area contributed by atoms with E-state index >= 15 is 0 Å². The number of hydrogen-bond donors (Lipinski definition) is 3. The molecule has 8 nitrogen and oxygen atoms in total. The van der Waals surface area contributed by atoms with E-state index in [9.17, 15) is 14.7 Å². The van der Waals surface area contributed by atoms with Crippen LogP contribution in [0.15, 0.2) is 6.07 Å². The summed E-state index contributed by atoms with van der Waals surface area (Å²) in [6, 6.07) is 2.00. The number of amides is 1. The van der Waals surface area contributed by atoms with Crippen molar-refractivity contribution in [1.29, 1.82) is 0 Å². The molecule has 1 amide bonds. The lowest BCUT2D eigenvalue weighted by molar-refractivity contribution is -0.129. The maximum atomic E-state index is 11.7. The number of nitrogen functional groups attached to an aromatic ring is 1. The second-order valence-electron chi connectivity index (χ2n) is 6.29. The van der Waals surface area contributed by atoms with Crippen molar-refractivity contribution in [2.45, 2.75) is 19.8 Å². The number of fused-ring (bicyclic) bond motifs is 1. The molecule has 0 saturated carbocycles. The van der Waals surface area contributed by atoms with Gasteiger partial charge in [0.15, 0.2) is 0 Å². The van der Waals surface area contributed by atoms with Gasteiger partial charge in [0.25, 0.3) is 0 Å². The van der Waals surface area contributed by atoms with Gasteiger partial charge in [-0.2, -0.15) is 0 Å². The highest BCUT2D eigenvalue weighted by Crippen LogP contribution is 2.37. The van der Waals surface area contributed by atoms with Gasteiger partial charge in [-0.1, -0.05) is 13.3 Å². The number of carbonyl (C=O) groups excluding carboxylic acids is 1. The van der Waals surface area contributed by atoms with E-state index in [1.165, 1.54) is 0 Å². The first kappa shape index (κ1) is 18.4. The van der Waals surface area contributed by atoms with Gasteiger partial charge in [-0.3, -0.25) is 4.79 Å². The number of carbonyl (C=O) groups is 2. The number of aryl methyl sites for hydroxylation is 1. The predicted octanol–water partition coefficient (Wildman–Crippen LogP) is 1.14. The summed E-state index contributed by atoms with van der Waals surface area (Å²) >= 11 is 1.12. The molecule has 2 aromatic rings. The molecule has 1 saturated heterocycles. The van der Waals surface area contributed by atoms with Crippen LogP contribution in [-0.2, 0) is 11.2 Å². The fraction of sp³-hybridized carbons (Fsp3) is 0.471. The average molecular weight is 377 g/mol. The molecule has 0 aromatic carbocycles. The van der Waals surface area contributed by atoms with Crippen LogP contribution in [0, 0.1) is 0 Å². The zero-order chi connectivity index (χ0) is 18.8. The highest BCUT2D eigenvalue weighted by atomic mass is 32.1. The van der Waals surface area contributed by atoms with Crippen molar-refractivity contribution in [3.8, 4) is 0 Å². The quantitative estimate of drug-likeness (QED) is 0.713. The number of hydrogen-bond acceptors (Lipinski definition) is 7. The summed E-state index contributed by atoms with van der Waals surface area (Å²) in [7, 11) is 0. The third kappa shape index (κ3) is 3.32. The van der Waals surface area contributed by atoms with E-state index in [2.05, 4.69) is 16.8 Å². The van der Waals surface area contributed by atoms with Gasteiger partial charge in [0.05, 0.1) is 12.2 Å². The van der Waals surface area contributed by atoms with Crippen LogP contribution in [0.3, 0.4) is 0 Å². The molecule has 3 heterocycles. The molecule has 0 radical (unpaired) electrons. The number of nitrogens with zero attached hydrogens (tertiary/aromatic N) is 3. The van der Waals surface area contributed by atoms with Crippen molar-refractivity contribution < 1.29 is 14.7 Å². The second kappa shape index (κ2) is 7.46. The lowest BCUT2D eigenvalue weighted by atomic mass is 10.1. The summed E-state index contributed by atoms with van der Waals surface area (Å²) < 4.78 is 0. The first-order valence-electron chi connectivity index (χ1n) is 8.64. The van der Waals surface area contributed by atoms with Crippen molar-refractivity contribution in [3.63, 3.8) is 0 Å². The number of aromatic carboxylic acids is 1. The van der Waals surface area contributed by atoms with E-state index in [0.29, 0.717) is 36.7 Å². The first-order valence-corrected chi connectivity index (χ1v) is 9.45. The number of pyridine rings is 1. The third-order valence-corrected chi connectivity index (χ3v) is 5.70. The molecule has 140 valence electrons. The van der Waals surface area contributed by atoms with E-state index in [1.807, 2.05) is 6.07 Å². The van der Waals surface area contributed by atoms with E-state index in [1.54, 1.807) is 4.90 Å². The second-order valence-corrected chi connectivity index (χ2v) is 7.29. The van der Waals surface area contributed by atoms with Crippen LogP contribution in [0.1, 0.15) is 28.6 Å². The maximum Gasteiger partial charge on any atom is 0.348 e. The molecule has 0 spiro atoms. The normalized spacial score (nSPS) is 14.8. The maximum absolute atomic E-state index is 11.7. The van der Waals surface area contributed by atoms with Crippen LogP contribution in [0.2, 0.25) is 0 Å². The summed E-state index contributed by atoms with van der Waals surface area (Å²) in [5.41, 5.74) is 12.8. The SMILES string of the molecule is CCCc1cc(N2CCN(C(=O)CN)CC2)nc2sc(C(=O)O)c(N)c12. The first-order chi connectivity index (χ1) is 12.5. The van der Waals surface area contributed by atoms with Gasteiger partial charge in [-0.05, 0) is 18.1 Å². The molecule has 3 rings (SSSR count).